The van der Waals surface area contributed by atoms with Gasteiger partial charge in [0.1, 0.15) is 28.6 Å². The number of rotatable bonds is 9. The molecular formula is C27H31N3O4. The van der Waals surface area contributed by atoms with Gasteiger partial charge in [0.2, 0.25) is 0 Å². The number of ether oxygens (including phenoxy) is 3. The fourth-order valence-corrected chi connectivity index (χ4v) is 4.12. The van der Waals surface area contributed by atoms with Gasteiger partial charge < -0.3 is 19.3 Å². The summed E-state index contributed by atoms with van der Waals surface area (Å²) in [5.41, 5.74) is 7.24. The number of hydrogen-bond donors (Lipinski definition) is 1. The Morgan fingerprint density at radius 1 is 0.971 bits per heavy atom. The molecule has 0 bridgehead atoms. The maximum atomic E-state index is 11.3. The van der Waals surface area contributed by atoms with Crippen molar-refractivity contribution in [2.24, 2.45) is 0 Å². The summed E-state index contributed by atoms with van der Waals surface area (Å²) in [7, 11) is 3.28. The molecule has 7 heteroatoms. The van der Waals surface area contributed by atoms with Crippen molar-refractivity contribution in [3.05, 3.63) is 81.9 Å². The minimum Gasteiger partial charge on any atom is -0.497 e. The fraction of sp³-hybridized carbons (Fsp3) is 0.333. The molecule has 0 aliphatic rings. The van der Waals surface area contributed by atoms with E-state index in [1.807, 2.05) is 74.0 Å². The Kier molecular flexibility index (Phi) is 7.14. The van der Waals surface area contributed by atoms with Gasteiger partial charge in [0.25, 0.3) is 0 Å². The van der Waals surface area contributed by atoms with Crippen molar-refractivity contribution in [2.75, 3.05) is 14.2 Å². The largest absolute Gasteiger partial charge is 0.497 e. The van der Waals surface area contributed by atoms with E-state index in [0.717, 1.165) is 50.2 Å². The molecular weight excluding hydrogens is 430 g/mol. The van der Waals surface area contributed by atoms with Crippen molar-refractivity contribution < 1.29 is 19.3 Å². The van der Waals surface area contributed by atoms with Gasteiger partial charge in [0.05, 0.1) is 27.4 Å². The van der Waals surface area contributed by atoms with E-state index < -0.39 is 6.10 Å². The lowest BCUT2D eigenvalue weighted by atomic mass is 9.94. The average Bonchev–Trinajstić information content (AvgIpc) is 3.30. The Bertz CT molecular complexity index is 1280. The average molecular weight is 462 g/mol. The van der Waals surface area contributed by atoms with Gasteiger partial charge in [-0.3, -0.25) is 0 Å². The van der Waals surface area contributed by atoms with Crippen LogP contribution in [-0.4, -0.2) is 34.3 Å². The van der Waals surface area contributed by atoms with Gasteiger partial charge >= 0.3 is 0 Å². The van der Waals surface area contributed by atoms with E-state index in [2.05, 4.69) is 10.3 Å². The monoisotopic (exact) mass is 461 g/mol. The quantitative estimate of drug-likeness (QED) is 0.383. The number of aliphatic hydroxyl groups excluding tert-OH is 1. The molecule has 0 fully saturated rings. The van der Waals surface area contributed by atoms with Crippen LogP contribution in [-0.2, 0) is 24.5 Å². The Labute approximate surface area is 199 Å². The van der Waals surface area contributed by atoms with Gasteiger partial charge in [0.15, 0.2) is 0 Å². The second-order valence-corrected chi connectivity index (χ2v) is 8.32. The number of benzene rings is 3. The standard InChI is InChI=1S/C27H31N3O4/c1-6-30-26-24(33-5)14-23(18(3)25(26)28-29-30)27(31)20-10-7-17(2)21(13-20)16-34-15-19-8-11-22(32-4)12-9-19/h7-14,27,31H,6,15-16H2,1-5H3. The van der Waals surface area contributed by atoms with E-state index in [0.29, 0.717) is 25.5 Å². The Hall–Kier alpha value is -3.42. The summed E-state index contributed by atoms with van der Waals surface area (Å²) in [6.45, 7) is 7.65. The van der Waals surface area contributed by atoms with Crippen LogP contribution in [0, 0.1) is 13.8 Å². The molecule has 3 aromatic carbocycles. The van der Waals surface area contributed by atoms with Gasteiger partial charge in [-0.1, -0.05) is 35.5 Å². The first-order chi connectivity index (χ1) is 16.5. The molecule has 1 heterocycles. The third kappa shape index (κ3) is 4.62. The van der Waals surface area contributed by atoms with Gasteiger partial charge in [0, 0.05) is 6.54 Å². The number of aryl methyl sites for hydroxylation is 3. The van der Waals surface area contributed by atoms with Crippen LogP contribution in [0.2, 0.25) is 0 Å². The zero-order chi connectivity index (χ0) is 24.2. The molecule has 178 valence electrons. The smallest absolute Gasteiger partial charge is 0.146 e. The molecule has 0 aliphatic carbocycles. The Morgan fingerprint density at radius 3 is 2.41 bits per heavy atom. The molecule has 7 nitrogen and oxygen atoms in total. The van der Waals surface area contributed by atoms with Crippen LogP contribution < -0.4 is 9.47 Å². The van der Waals surface area contributed by atoms with E-state index in [1.165, 1.54) is 0 Å². The first-order valence-corrected chi connectivity index (χ1v) is 11.4. The molecule has 4 aromatic rings. The molecule has 0 amide bonds. The predicted molar refractivity (Wildman–Crippen MR) is 131 cm³/mol. The van der Waals surface area contributed by atoms with Crippen LogP contribution >= 0.6 is 0 Å². The number of hydrogen-bond acceptors (Lipinski definition) is 6. The first kappa shape index (κ1) is 23.7. The van der Waals surface area contributed by atoms with E-state index in [-0.39, 0.29) is 0 Å². The number of methoxy groups -OCH3 is 2. The van der Waals surface area contributed by atoms with Crippen molar-refractivity contribution in [3.8, 4) is 11.5 Å². The SMILES string of the molecule is CCn1nnc2c(C)c(C(O)c3ccc(C)c(COCc4ccc(OC)cc4)c3)cc(OC)c21. The highest BCUT2D eigenvalue weighted by atomic mass is 16.5. The van der Waals surface area contributed by atoms with Crippen LogP contribution in [0.4, 0.5) is 0 Å². The number of aliphatic hydroxyl groups is 1. The molecule has 0 saturated heterocycles. The van der Waals surface area contributed by atoms with E-state index in [9.17, 15) is 5.11 Å². The van der Waals surface area contributed by atoms with Crippen LogP contribution in [0.3, 0.4) is 0 Å². The highest BCUT2D eigenvalue weighted by Crippen LogP contribution is 2.35. The van der Waals surface area contributed by atoms with Crippen molar-refractivity contribution in [1.82, 2.24) is 15.0 Å². The third-order valence-corrected chi connectivity index (χ3v) is 6.23. The van der Waals surface area contributed by atoms with E-state index in [1.54, 1.807) is 14.2 Å². The van der Waals surface area contributed by atoms with Crippen molar-refractivity contribution in [3.63, 3.8) is 0 Å². The normalized spacial score (nSPS) is 12.2. The van der Waals surface area contributed by atoms with Crippen molar-refractivity contribution >= 4 is 11.0 Å². The van der Waals surface area contributed by atoms with Crippen LogP contribution in [0.1, 0.15) is 46.4 Å². The van der Waals surface area contributed by atoms with E-state index in [4.69, 9.17) is 14.2 Å². The van der Waals surface area contributed by atoms with Crippen LogP contribution in [0.5, 0.6) is 11.5 Å². The first-order valence-electron chi connectivity index (χ1n) is 11.4. The summed E-state index contributed by atoms with van der Waals surface area (Å²) in [5, 5.41) is 19.9. The molecule has 4 rings (SSSR count). The molecule has 1 aromatic heterocycles. The second kappa shape index (κ2) is 10.2. The highest BCUT2D eigenvalue weighted by molar-refractivity contribution is 5.85. The van der Waals surface area contributed by atoms with Gasteiger partial charge in [-0.15, -0.1) is 5.10 Å². The number of nitrogens with zero attached hydrogens (tertiary/aromatic N) is 3. The zero-order valence-electron chi connectivity index (χ0n) is 20.3. The maximum Gasteiger partial charge on any atom is 0.146 e. The number of aromatic nitrogens is 3. The maximum absolute atomic E-state index is 11.3. The topological polar surface area (TPSA) is 78.6 Å². The molecule has 1 atom stereocenters. The summed E-state index contributed by atoms with van der Waals surface area (Å²) in [4.78, 5) is 0. The molecule has 0 aliphatic heterocycles. The van der Waals surface area contributed by atoms with Crippen LogP contribution in [0.15, 0.2) is 48.5 Å². The lowest BCUT2D eigenvalue weighted by Gasteiger charge is -2.18. The highest BCUT2D eigenvalue weighted by Gasteiger charge is 2.21. The molecule has 34 heavy (non-hydrogen) atoms. The summed E-state index contributed by atoms with van der Waals surface area (Å²) in [6, 6.07) is 15.7. The van der Waals surface area contributed by atoms with E-state index >= 15 is 0 Å². The predicted octanol–water partition coefficient (Wildman–Crippen LogP) is 4.88. The Morgan fingerprint density at radius 2 is 1.74 bits per heavy atom. The van der Waals surface area contributed by atoms with Gasteiger partial charge in [-0.2, -0.15) is 0 Å². The molecule has 1 unspecified atom stereocenters. The van der Waals surface area contributed by atoms with Gasteiger partial charge in [-0.25, -0.2) is 4.68 Å². The summed E-state index contributed by atoms with van der Waals surface area (Å²) in [6.07, 6.45) is -0.828. The number of fused-ring (bicyclic) bond motifs is 1. The summed E-state index contributed by atoms with van der Waals surface area (Å²) in [5.74, 6) is 1.47. The summed E-state index contributed by atoms with van der Waals surface area (Å²) >= 11 is 0. The minimum atomic E-state index is -0.828. The van der Waals surface area contributed by atoms with Crippen LogP contribution in [0.25, 0.3) is 11.0 Å². The molecule has 1 N–H and O–H groups in total. The zero-order valence-corrected chi connectivity index (χ0v) is 20.3. The Balaban J connectivity index is 1.57. The van der Waals surface area contributed by atoms with Gasteiger partial charge in [-0.05, 0) is 72.4 Å². The van der Waals surface area contributed by atoms with Crippen molar-refractivity contribution in [2.45, 2.75) is 46.6 Å². The summed E-state index contributed by atoms with van der Waals surface area (Å²) < 4.78 is 18.6. The third-order valence-electron chi connectivity index (χ3n) is 6.23. The second-order valence-electron chi connectivity index (χ2n) is 8.32. The lowest BCUT2D eigenvalue weighted by molar-refractivity contribution is 0.106. The van der Waals surface area contributed by atoms with Crippen molar-refractivity contribution in [1.29, 1.82) is 0 Å². The molecule has 0 spiro atoms. The minimum absolute atomic E-state index is 0.449. The fourth-order valence-electron chi connectivity index (χ4n) is 4.12. The molecule has 0 saturated carbocycles. The molecule has 0 radical (unpaired) electrons. The lowest BCUT2D eigenvalue weighted by Crippen LogP contribution is -2.06.